The topological polar surface area (TPSA) is 94.2 Å². The highest BCUT2D eigenvalue weighted by Gasteiger charge is 2.21. The summed E-state index contributed by atoms with van der Waals surface area (Å²) < 4.78 is 42.1. The lowest BCUT2D eigenvalue weighted by molar-refractivity contribution is -0.121. The van der Waals surface area contributed by atoms with Gasteiger partial charge in [0.2, 0.25) is 15.9 Å². The minimum atomic E-state index is -3.47. The number of benzene rings is 2. The molecule has 1 aliphatic heterocycles. The van der Waals surface area contributed by atoms with Crippen molar-refractivity contribution in [1.29, 1.82) is 0 Å². The van der Waals surface area contributed by atoms with Crippen LogP contribution in [0.25, 0.3) is 0 Å². The molecule has 162 valence electrons. The van der Waals surface area contributed by atoms with Crippen LogP contribution < -0.4 is 23.8 Å². The Morgan fingerprint density at radius 1 is 1.17 bits per heavy atom. The fraction of sp³-hybridized carbons (Fsp3) is 0.381. The lowest BCUT2D eigenvalue weighted by atomic mass is 10.2. The molecule has 2 aromatic carbocycles. The van der Waals surface area contributed by atoms with Gasteiger partial charge in [-0.1, -0.05) is 12.1 Å². The van der Waals surface area contributed by atoms with Crippen LogP contribution in [0.15, 0.2) is 48.5 Å². The lowest BCUT2D eigenvalue weighted by Gasteiger charge is -2.26. The van der Waals surface area contributed by atoms with Crippen molar-refractivity contribution in [1.82, 2.24) is 5.32 Å². The van der Waals surface area contributed by atoms with Crippen molar-refractivity contribution >= 4 is 21.6 Å². The normalized spacial score (nSPS) is 15.3. The minimum absolute atomic E-state index is 0.166. The summed E-state index contributed by atoms with van der Waals surface area (Å²) in [5.74, 6) is 1.83. The van der Waals surface area contributed by atoms with E-state index < -0.39 is 10.0 Å². The fourth-order valence-electron chi connectivity index (χ4n) is 3.10. The van der Waals surface area contributed by atoms with E-state index in [2.05, 4.69) is 5.32 Å². The molecule has 0 radical (unpaired) electrons. The number of sulfonamides is 1. The maximum atomic E-state index is 12.2. The number of anilines is 1. The SMILES string of the molecule is COc1ccc(N(CCCC(=O)NCC2COc3ccccc3O2)S(C)(=O)=O)cc1. The second-order valence-corrected chi connectivity index (χ2v) is 8.85. The second-order valence-electron chi connectivity index (χ2n) is 6.94. The number of carbonyl (C=O) groups excluding carboxylic acids is 1. The zero-order valence-corrected chi connectivity index (χ0v) is 17.9. The van der Waals surface area contributed by atoms with Gasteiger partial charge in [0.1, 0.15) is 18.5 Å². The van der Waals surface area contributed by atoms with E-state index in [-0.39, 0.29) is 25.0 Å². The molecule has 2 aromatic rings. The third-order valence-electron chi connectivity index (χ3n) is 4.62. The molecule has 30 heavy (non-hydrogen) atoms. The van der Waals surface area contributed by atoms with Crippen molar-refractivity contribution in [3.63, 3.8) is 0 Å². The monoisotopic (exact) mass is 434 g/mol. The molecule has 0 saturated heterocycles. The van der Waals surface area contributed by atoms with Gasteiger partial charge in [-0.3, -0.25) is 9.10 Å². The summed E-state index contributed by atoms with van der Waals surface area (Å²) in [5, 5.41) is 2.82. The first-order chi connectivity index (χ1) is 14.4. The van der Waals surface area contributed by atoms with Gasteiger partial charge in [-0.05, 0) is 42.8 Å². The largest absolute Gasteiger partial charge is 0.497 e. The number of hydrogen-bond donors (Lipinski definition) is 1. The molecule has 0 aromatic heterocycles. The summed E-state index contributed by atoms with van der Waals surface area (Å²) >= 11 is 0. The van der Waals surface area contributed by atoms with Crippen molar-refractivity contribution in [2.45, 2.75) is 18.9 Å². The molecule has 0 bridgehead atoms. The third kappa shape index (κ3) is 5.79. The van der Waals surface area contributed by atoms with E-state index >= 15 is 0 Å². The molecule has 1 N–H and O–H groups in total. The third-order valence-corrected chi connectivity index (χ3v) is 5.81. The molecule has 1 unspecified atom stereocenters. The van der Waals surface area contributed by atoms with Crippen molar-refractivity contribution in [2.24, 2.45) is 0 Å². The van der Waals surface area contributed by atoms with Gasteiger partial charge in [-0.25, -0.2) is 8.42 Å². The molecule has 0 aliphatic carbocycles. The number of fused-ring (bicyclic) bond motifs is 1. The highest BCUT2D eigenvalue weighted by Crippen LogP contribution is 2.30. The Balaban J connectivity index is 1.46. The Bertz CT molecular complexity index is 962. The average molecular weight is 435 g/mol. The molecule has 8 nitrogen and oxygen atoms in total. The van der Waals surface area contributed by atoms with E-state index in [0.29, 0.717) is 42.5 Å². The predicted molar refractivity (Wildman–Crippen MR) is 114 cm³/mol. The molecule has 0 saturated carbocycles. The van der Waals surface area contributed by atoms with E-state index in [1.807, 2.05) is 24.3 Å². The minimum Gasteiger partial charge on any atom is -0.497 e. The molecule has 0 spiro atoms. The zero-order chi connectivity index (χ0) is 21.6. The van der Waals surface area contributed by atoms with Crippen LogP contribution in [0, 0.1) is 0 Å². The molecule has 9 heteroatoms. The van der Waals surface area contributed by atoms with Gasteiger partial charge in [-0.2, -0.15) is 0 Å². The number of ether oxygens (including phenoxy) is 3. The van der Waals surface area contributed by atoms with Gasteiger partial charge < -0.3 is 19.5 Å². The van der Waals surface area contributed by atoms with Gasteiger partial charge in [0.05, 0.1) is 25.6 Å². The van der Waals surface area contributed by atoms with Gasteiger partial charge in [0.15, 0.2) is 11.5 Å². The first-order valence-corrected chi connectivity index (χ1v) is 11.5. The summed E-state index contributed by atoms with van der Waals surface area (Å²) in [6.45, 7) is 0.882. The number of methoxy groups -OCH3 is 1. The number of hydrogen-bond acceptors (Lipinski definition) is 6. The maximum absolute atomic E-state index is 12.2. The first kappa shape index (κ1) is 21.8. The van der Waals surface area contributed by atoms with Crippen molar-refractivity contribution in [2.75, 3.05) is 37.4 Å². The summed E-state index contributed by atoms with van der Waals surface area (Å²) in [6.07, 6.45) is 1.47. The van der Waals surface area contributed by atoms with Crippen LogP contribution in [-0.4, -0.2) is 53.5 Å². The quantitative estimate of drug-likeness (QED) is 0.650. The van der Waals surface area contributed by atoms with E-state index in [1.165, 1.54) is 4.31 Å². The number of para-hydroxylation sites is 2. The average Bonchev–Trinajstić information content (AvgIpc) is 2.74. The number of nitrogens with zero attached hydrogens (tertiary/aromatic N) is 1. The van der Waals surface area contributed by atoms with Gasteiger partial charge in [0, 0.05) is 13.0 Å². The van der Waals surface area contributed by atoms with Gasteiger partial charge >= 0.3 is 0 Å². The number of nitrogens with one attached hydrogen (secondary N) is 1. The summed E-state index contributed by atoms with van der Waals surface area (Å²) in [5.41, 5.74) is 0.533. The maximum Gasteiger partial charge on any atom is 0.232 e. The van der Waals surface area contributed by atoms with E-state index in [4.69, 9.17) is 14.2 Å². The smallest absolute Gasteiger partial charge is 0.232 e. The Labute approximate surface area is 176 Å². The molecular weight excluding hydrogens is 408 g/mol. The van der Waals surface area contributed by atoms with Crippen LogP contribution in [-0.2, 0) is 14.8 Å². The van der Waals surface area contributed by atoms with E-state index in [1.54, 1.807) is 31.4 Å². The number of carbonyl (C=O) groups is 1. The highest BCUT2D eigenvalue weighted by molar-refractivity contribution is 7.92. The Hall–Kier alpha value is -2.94. The fourth-order valence-corrected chi connectivity index (χ4v) is 4.06. The highest BCUT2D eigenvalue weighted by atomic mass is 32.2. The summed E-state index contributed by atoms with van der Waals surface area (Å²) in [4.78, 5) is 12.2. The molecule has 1 atom stereocenters. The van der Waals surface area contributed by atoms with Gasteiger partial charge in [-0.15, -0.1) is 0 Å². The second kappa shape index (κ2) is 9.71. The van der Waals surface area contributed by atoms with Crippen LogP contribution in [0.4, 0.5) is 5.69 Å². The number of amides is 1. The number of rotatable bonds is 9. The summed E-state index contributed by atoms with van der Waals surface area (Å²) in [7, 11) is -1.92. The van der Waals surface area contributed by atoms with Crippen LogP contribution in [0.3, 0.4) is 0 Å². The molecule has 3 rings (SSSR count). The van der Waals surface area contributed by atoms with Crippen LogP contribution in [0.1, 0.15) is 12.8 Å². The molecule has 1 amide bonds. The Morgan fingerprint density at radius 3 is 2.53 bits per heavy atom. The van der Waals surface area contributed by atoms with Crippen molar-refractivity contribution in [3.05, 3.63) is 48.5 Å². The molecule has 0 fully saturated rings. The molecule has 1 heterocycles. The molecule has 1 aliphatic rings. The van der Waals surface area contributed by atoms with Gasteiger partial charge in [0.25, 0.3) is 0 Å². The van der Waals surface area contributed by atoms with Crippen LogP contribution in [0.5, 0.6) is 17.2 Å². The van der Waals surface area contributed by atoms with Crippen LogP contribution >= 0.6 is 0 Å². The zero-order valence-electron chi connectivity index (χ0n) is 17.0. The lowest BCUT2D eigenvalue weighted by Crippen LogP contribution is -2.41. The van der Waals surface area contributed by atoms with Crippen molar-refractivity contribution in [3.8, 4) is 17.2 Å². The Kier molecular flexibility index (Phi) is 7.04. The van der Waals surface area contributed by atoms with E-state index in [9.17, 15) is 13.2 Å². The standard InChI is InChI=1S/C21H26N2O6S/c1-27-17-11-9-16(10-12-17)23(30(2,25)26)13-5-8-21(24)22-14-18-15-28-19-6-3-4-7-20(19)29-18/h3-4,6-7,9-12,18H,5,8,13-15H2,1-2H3,(H,22,24). The van der Waals surface area contributed by atoms with Crippen molar-refractivity contribution < 1.29 is 27.4 Å². The first-order valence-electron chi connectivity index (χ1n) is 9.64. The van der Waals surface area contributed by atoms with Crippen LogP contribution in [0.2, 0.25) is 0 Å². The summed E-state index contributed by atoms with van der Waals surface area (Å²) in [6, 6.07) is 14.1. The molecular formula is C21H26N2O6S. The Morgan fingerprint density at radius 2 is 1.87 bits per heavy atom. The predicted octanol–water partition coefficient (Wildman–Crippen LogP) is 2.20. The van der Waals surface area contributed by atoms with E-state index in [0.717, 1.165) is 6.26 Å².